The molecular formula is C16H10Cl2N2O2. The zero-order chi connectivity index (χ0) is 16.4. The quantitative estimate of drug-likeness (QED) is 0.852. The molecule has 1 N–H and O–H groups in total. The van der Waals surface area contributed by atoms with Gasteiger partial charge in [-0.1, -0.05) is 40.9 Å². The van der Waals surface area contributed by atoms with E-state index in [9.17, 15) is 5.11 Å². The van der Waals surface area contributed by atoms with E-state index in [-0.39, 0.29) is 26.9 Å². The molecule has 0 amide bonds. The highest BCUT2D eigenvalue weighted by Gasteiger charge is 2.24. The maximum absolute atomic E-state index is 10.1. The molecule has 0 atom stereocenters. The van der Waals surface area contributed by atoms with E-state index in [4.69, 9.17) is 38.5 Å². The summed E-state index contributed by atoms with van der Waals surface area (Å²) in [6.07, 6.45) is 0. The van der Waals surface area contributed by atoms with E-state index in [1.54, 1.807) is 18.2 Å². The number of hydrogen-bond acceptors (Lipinski definition) is 4. The van der Waals surface area contributed by atoms with Crippen molar-refractivity contribution >= 4 is 23.2 Å². The van der Waals surface area contributed by atoms with Crippen molar-refractivity contribution in [1.82, 2.24) is 0 Å². The molecule has 0 unspecified atom stereocenters. The molecule has 0 saturated carbocycles. The van der Waals surface area contributed by atoms with Gasteiger partial charge in [0.25, 0.3) is 0 Å². The average molecular weight is 333 g/mol. The Morgan fingerprint density at radius 3 is 2.18 bits per heavy atom. The molecule has 0 spiro atoms. The average Bonchev–Trinajstić information content (AvgIpc) is 2.49. The third-order valence-electron chi connectivity index (χ3n) is 3.08. The fraction of sp³-hybridized carbons (Fsp3) is 0.125. The normalized spacial score (nSPS) is 9.91. The molecule has 0 aliphatic rings. The van der Waals surface area contributed by atoms with Gasteiger partial charge in [-0.05, 0) is 25.5 Å². The first-order valence-corrected chi connectivity index (χ1v) is 6.95. The van der Waals surface area contributed by atoms with E-state index in [0.717, 1.165) is 11.1 Å². The van der Waals surface area contributed by atoms with Crippen LogP contribution in [0, 0.1) is 36.5 Å². The van der Waals surface area contributed by atoms with Gasteiger partial charge in [0.1, 0.15) is 27.9 Å². The highest BCUT2D eigenvalue weighted by atomic mass is 35.5. The van der Waals surface area contributed by atoms with Crippen LogP contribution in [-0.4, -0.2) is 5.11 Å². The molecule has 110 valence electrons. The Kier molecular flexibility index (Phi) is 4.47. The van der Waals surface area contributed by atoms with Crippen molar-refractivity contribution in [2.24, 2.45) is 0 Å². The summed E-state index contributed by atoms with van der Waals surface area (Å²) in [5.41, 5.74) is 1.57. The molecular weight excluding hydrogens is 323 g/mol. The SMILES string of the molecule is Cc1ccc(Oc2c(O)c(Cl)c(C#N)c(C#N)c2Cl)c(C)c1. The van der Waals surface area contributed by atoms with Crippen molar-refractivity contribution in [3.05, 3.63) is 50.5 Å². The van der Waals surface area contributed by atoms with Crippen LogP contribution in [0.2, 0.25) is 10.0 Å². The maximum atomic E-state index is 10.1. The summed E-state index contributed by atoms with van der Waals surface area (Å²) in [5.74, 6) is -0.149. The summed E-state index contributed by atoms with van der Waals surface area (Å²) in [5, 5.41) is 27.9. The van der Waals surface area contributed by atoms with E-state index in [1.165, 1.54) is 0 Å². The van der Waals surface area contributed by atoms with Crippen molar-refractivity contribution in [3.63, 3.8) is 0 Å². The molecule has 22 heavy (non-hydrogen) atoms. The summed E-state index contributed by atoms with van der Waals surface area (Å²) < 4.78 is 5.62. The Bertz CT molecular complexity index is 849. The predicted molar refractivity (Wildman–Crippen MR) is 83.5 cm³/mol. The molecule has 0 aromatic heterocycles. The third kappa shape index (κ3) is 2.67. The van der Waals surface area contributed by atoms with Crippen LogP contribution in [0.4, 0.5) is 0 Å². The first-order valence-electron chi connectivity index (χ1n) is 6.20. The van der Waals surface area contributed by atoms with Gasteiger partial charge in [0.05, 0.1) is 11.1 Å². The summed E-state index contributed by atoms with van der Waals surface area (Å²) in [6.45, 7) is 3.78. The number of aryl methyl sites for hydroxylation is 2. The van der Waals surface area contributed by atoms with Crippen LogP contribution in [0.5, 0.6) is 17.2 Å². The lowest BCUT2D eigenvalue weighted by Gasteiger charge is -2.14. The first-order chi connectivity index (χ1) is 10.4. The second kappa shape index (κ2) is 6.15. The molecule has 0 bridgehead atoms. The summed E-state index contributed by atoms with van der Waals surface area (Å²) >= 11 is 12.0. The van der Waals surface area contributed by atoms with Crippen LogP contribution in [0.15, 0.2) is 18.2 Å². The molecule has 0 fully saturated rings. The van der Waals surface area contributed by atoms with Gasteiger partial charge in [0.15, 0.2) is 11.5 Å². The monoisotopic (exact) mass is 332 g/mol. The third-order valence-corrected chi connectivity index (χ3v) is 3.81. The summed E-state index contributed by atoms with van der Waals surface area (Å²) in [4.78, 5) is 0. The second-order valence-corrected chi connectivity index (χ2v) is 5.41. The fourth-order valence-electron chi connectivity index (χ4n) is 1.98. The molecule has 4 nitrogen and oxygen atoms in total. The largest absolute Gasteiger partial charge is 0.503 e. The second-order valence-electron chi connectivity index (χ2n) is 4.65. The lowest BCUT2D eigenvalue weighted by atomic mass is 10.1. The molecule has 0 saturated heterocycles. The number of phenols is 1. The lowest BCUT2D eigenvalue weighted by Crippen LogP contribution is -1.95. The lowest BCUT2D eigenvalue weighted by molar-refractivity contribution is 0.410. The Morgan fingerprint density at radius 2 is 1.64 bits per heavy atom. The van der Waals surface area contributed by atoms with Crippen molar-refractivity contribution in [3.8, 4) is 29.4 Å². The van der Waals surface area contributed by atoms with Gasteiger partial charge < -0.3 is 9.84 Å². The first kappa shape index (κ1) is 16.0. The minimum Gasteiger partial charge on any atom is -0.503 e. The smallest absolute Gasteiger partial charge is 0.190 e. The van der Waals surface area contributed by atoms with Crippen LogP contribution in [0.3, 0.4) is 0 Å². The molecule has 0 aliphatic carbocycles. The number of ether oxygens (including phenoxy) is 1. The van der Waals surface area contributed by atoms with Crippen molar-refractivity contribution in [2.45, 2.75) is 13.8 Å². The van der Waals surface area contributed by atoms with E-state index in [2.05, 4.69) is 0 Å². The van der Waals surface area contributed by atoms with Crippen LogP contribution >= 0.6 is 23.2 Å². The zero-order valence-corrected chi connectivity index (χ0v) is 13.2. The fourth-order valence-corrected chi connectivity index (χ4v) is 2.47. The Morgan fingerprint density at radius 1 is 1.05 bits per heavy atom. The maximum Gasteiger partial charge on any atom is 0.190 e. The molecule has 0 heterocycles. The highest BCUT2D eigenvalue weighted by molar-refractivity contribution is 6.37. The topological polar surface area (TPSA) is 77.0 Å². The standard InChI is InChI=1S/C16H10Cl2N2O2/c1-8-3-4-12(9(2)5-8)22-16-14(18)11(7-20)10(6-19)13(17)15(16)21/h3-5,21H,1-2H3. The van der Waals surface area contributed by atoms with Crippen LogP contribution in [-0.2, 0) is 0 Å². The number of benzene rings is 2. The van der Waals surface area contributed by atoms with E-state index in [0.29, 0.717) is 5.75 Å². The van der Waals surface area contributed by atoms with Gasteiger partial charge in [-0.25, -0.2) is 0 Å². The van der Waals surface area contributed by atoms with Crippen molar-refractivity contribution in [2.75, 3.05) is 0 Å². The summed E-state index contributed by atoms with van der Waals surface area (Å²) in [6, 6.07) is 9.01. The van der Waals surface area contributed by atoms with Gasteiger partial charge in [0.2, 0.25) is 0 Å². The molecule has 2 aromatic rings. The van der Waals surface area contributed by atoms with Crippen LogP contribution in [0.25, 0.3) is 0 Å². The summed E-state index contributed by atoms with van der Waals surface area (Å²) in [7, 11) is 0. The van der Waals surface area contributed by atoms with Crippen LogP contribution < -0.4 is 4.74 Å². The van der Waals surface area contributed by atoms with Gasteiger partial charge >= 0.3 is 0 Å². The number of nitriles is 2. The molecule has 2 aromatic carbocycles. The number of hydrogen-bond donors (Lipinski definition) is 1. The minimum atomic E-state index is -0.470. The predicted octanol–water partition coefficient (Wildman–Crippen LogP) is 4.85. The van der Waals surface area contributed by atoms with Gasteiger partial charge in [-0.2, -0.15) is 10.5 Å². The zero-order valence-electron chi connectivity index (χ0n) is 11.7. The van der Waals surface area contributed by atoms with Gasteiger partial charge in [-0.15, -0.1) is 0 Å². The highest BCUT2D eigenvalue weighted by Crippen LogP contribution is 2.46. The van der Waals surface area contributed by atoms with Crippen LogP contribution in [0.1, 0.15) is 22.3 Å². The number of phenolic OH excluding ortho intramolecular Hbond substituents is 1. The molecule has 6 heteroatoms. The number of halogens is 2. The molecule has 0 radical (unpaired) electrons. The van der Waals surface area contributed by atoms with E-state index < -0.39 is 5.75 Å². The van der Waals surface area contributed by atoms with E-state index in [1.807, 2.05) is 26.0 Å². The Hall–Kier alpha value is -2.40. The van der Waals surface area contributed by atoms with E-state index >= 15 is 0 Å². The Balaban J connectivity index is 2.65. The number of aromatic hydroxyl groups is 1. The molecule has 0 aliphatic heterocycles. The van der Waals surface area contributed by atoms with Crippen molar-refractivity contribution in [1.29, 1.82) is 10.5 Å². The Labute approximate surface area is 137 Å². The minimum absolute atomic E-state index is 0.133. The van der Waals surface area contributed by atoms with Crippen molar-refractivity contribution < 1.29 is 9.84 Å². The molecule has 2 rings (SSSR count). The number of nitrogens with zero attached hydrogens (tertiary/aromatic N) is 2. The number of rotatable bonds is 2. The van der Waals surface area contributed by atoms with Gasteiger partial charge in [0, 0.05) is 0 Å². The van der Waals surface area contributed by atoms with Gasteiger partial charge in [-0.3, -0.25) is 0 Å².